The molecule has 3 heterocycles. The molecule has 3 aromatic rings. The lowest BCUT2D eigenvalue weighted by atomic mass is 9.56. The third-order valence-electron chi connectivity index (χ3n) is 7.82. The van der Waals surface area contributed by atoms with Gasteiger partial charge in [0.2, 0.25) is 11.8 Å². The Balaban J connectivity index is 1.15. The maximum atomic E-state index is 14.8. The van der Waals surface area contributed by atoms with E-state index < -0.39 is 23.8 Å². The van der Waals surface area contributed by atoms with Gasteiger partial charge in [0.05, 0.1) is 6.54 Å². The molecule has 2 aliphatic carbocycles. The fourth-order valence-electron chi connectivity index (χ4n) is 6.15. The number of fused-ring (bicyclic) bond motifs is 5. The number of nitrogens with zero attached hydrogens (tertiary/aromatic N) is 3. The number of carboxylic acids is 1. The number of hydrogen-bond acceptors (Lipinski definition) is 6. The predicted octanol–water partition coefficient (Wildman–Crippen LogP) is 3.18. The molecule has 0 spiro atoms. The van der Waals surface area contributed by atoms with E-state index in [0.29, 0.717) is 41.8 Å². The third-order valence-corrected chi connectivity index (χ3v) is 7.82. The van der Waals surface area contributed by atoms with Crippen LogP contribution in [0.15, 0.2) is 53.3 Å². The number of amidine groups is 1. The van der Waals surface area contributed by atoms with Crippen LogP contribution in [0, 0.1) is 10.8 Å². The van der Waals surface area contributed by atoms with Crippen LogP contribution in [0.2, 0.25) is 0 Å². The Labute approximate surface area is 210 Å². The van der Waals surface area contributed by atoms with E-state index in [9.17, 15) is 23.5 Å². The van der Waals surface area contributed by atoms with Crippen molar-refractivity contribution in [1.82, 2.24) is 20.4 Å². The molecule has 2 saturated heterocycles. The highest BCUT2D eigenvalue weighted by atomic mass is 19.3. The molecule has 2 aromatic carbocycles. The molecular formula is C26H23F2N5O4. The molecule has 11 heteroatoms. The van der Waals surface area contributed by atoms with Gasteiger partial charge in [-0.05, 0) is 41.9 Å². The van der Waals surface area contributed by atoms with Crippen LogP contribution in [0.3, 0.4) is 0 Å². The van der Waals surface area contributed by atoms with Crippen LogP contribution in [-0.2, 0) is 21.9 Å². The first-order valence-corrected chi connectivity index (χ1v) is 11.9. The first-order valence-electron chi connectivity index (χ1n) is 11.9. The van der Waals surface area contributed by atoms with Gasteiger partial charge in [0.1, 0.15) is 11.9 Å². The Morgan fingerprint density at radius 3 is 2.62 bits per heavy atom. The monoisotopic (exact) mass is 507 g/mol. The highest BCUT2D eigenvalue weighted by Crippen LogP contribution is 2.55. The van der Waals surface area contributed by atoms with Crippen LogP contribution >= 0.6 is 0 Å². The van der Waals surface area contributed by atoms with Gasteiger partial charge < -0.3 is 19.8 Å². The minimum Gasteiger partial charge on any atom is -0.480 e. The zero-order chi connectivity index (χ0) is 25.9. The lowest BCUT2D eigenvalue weighted by Crippen LogP contribution is -2.67. The van der Waals surface area contributed by atoms with Crippen molar-refractivity contribution in [3.63, 3.8) is 0 Å². The normalized spacial score (nSPS) is 24.5. The van der Waals surface area contributed by atoms with E-state index in [0.717, 1.165) is 0 Å². The largest absolute Gasteiger partial charge is 0.480 e. The van der Waals surface area contributed by atoms with Gasteiger partial charge in [-0.2, -0.15) is 13.8 Å². The Hall–Kier alpha value is -4.15. The topological polar surface area (TPSA) is 132 Å². The molecule has 0 unspecified atom stereocenters. The van der Waals surface area contributed by atoms with E-state index >= 15 is 0 Å². The number of carboxylic acid groups (broad SMARTS) is 1. The summed E-state index contributed by atoms with van der Waals surface area (Å²) in [7, 11) is 0. The standard InChI is InChI=1S/C26H23F2N5O4/c27-26(28)18-4-2-1-3-16(18)17-7-14(5-6-19(17)26)23(29)30-12-22(34)33-15-8-25(9-15,10-20(33)24(35)36)11-21-31-13-32-37-21/h1-7,13,15,20H,8-12H2,(H2,29,30)(H,35,36)/t15?,20-,25?/m0/s1. The number of halogens is 2. The Bertz CT molecular complexity index is 1420. The van der Waals surface area contributed by atoms with Gasteiger partial charge in [-0.3, -0.25) is 10.2 Å². The number of carbonyl (C=O) groups excluding carboxylic acids is 1. The van der Waals surface area contributed by atoms with Crippen LogP contribution in [0.1, 0.15) is 41.8 Å². The molecule has 190 valence electrons. The van der Waals surface area contributed by atoms with Crippen molar-refractivity contribution in [2.24, 2.45) is 5.41 Å². The quantitative estimate of drug-likeness (QED) is 0.345. The molecule has 1 amide bonds. The number of piperidine rings is 2. The molecule has 7 rings (SSSR count). The number of amides is 1. The van der Waals surface area contributed by atoms with E-state index in [1.807, 2.05) is 0 Å². The van der Waals surface area contributed by atoms with Crippen molar-refractivity contribution >= 4 is 17.7 Å². The predicted molar refractivity (Wildman–Crippen MR) is 126 cm³/mol. The molecular weight excluding hydrogens is 484 g/mol. The fraction of sp³-hybridized carbons (Fsp3) is 0.346. The van der Waals surface area contributed by atoms with E-state index in [1.54, 1.807) is 18.2 Å². The van der Waals surface area contributed by atoms with Crippen LogP contribution in [0.4, 0.5) is 8.78 Å². The first-order chi connectivity index (χ1) is 17.7. The number of benzene rings is 2. The van der Waals surface area contributed by atoms with Crippen LogP contribution in [0.5, 0.6) is 0 Å². The second kappa shape index (κ2) is 8.19. The number of aliphatic carboxylic acids is 1. The van der Waals surface area contributed by atoms with E-state index in [4.69, 9.17) is 9.93 Å². The molecule has 37 heavy (non-hydrogen) atoms. The summed E-state index contributed by atoms with van der Waals surface area (Å²) in [5.74, 6) is -4.27. The van der Waals surface area contributed by atoms with E-state index in [-0.39, 0.29) is 41.4 Å². The molecule has 0 radical (unpaired) electrons. The van der Waals surface area contributed by atoms with Crippen molar-refractivity contribution < 1.29 is 28.0 Å². The maximum Gasteiger partial charge on any atom is 0.326 e. The Kier molecular flexibility index (Phi) is 5.15. The van der Waals surface area contributed by atoms with Gasteiger partial charge in [0.25, 0.3) is 5.92 Å². The number of aromatic nitrogens is 2. The molecule has 4 aliphatic rings. The van der Waals surface area contributed by atoms with Gasteiger partial charge in [0, 0.05) is 29.2 Å². The molecule has 9 nitrogen and oxygen atoms in total. The average molecular weight is 507 g/mol. The summed E-state index contributed by atoms with van der Waals surface area (Å²) in [5.41, 5.74) is 0.643. The van der Waals surface area contributed by atoms with Gasteiger partial charge in [-0.1, -0.05) is 41.6 Å². The smallest absolute Gasteiger partial charge is 0.326 e. The van der Waals surface area contributed by atoms with Crippen molar-refractivity contribution in [3.8, 4) is 11.1 Å². The summed E-state index contributed by atoms with van der Waals surface area (Å²) in [5, 5.41) is 24.6. The average Bonchev–Trinajstić information content (AvgIpc) is 3.46. The van der Waals surface area contributed by atoms with Crippen molar-refractivity contribution in [1.29, 1.82) is 5.41 Å². The molecule has 1 saturated carbocycles. The molecule has 3 fully saturated rings. The number of rotatable bonds is 6. The summed E-state index contributed by atoms with van der Waals surface area (Å²) < 4.78 is 34.7. The summed E-state index contributed by atoms with van der Waals surface area (Å²) in [6.07, 6.45) is 3.34. The van der Waals surface area contributed by atoms with Gasteiger partial charge >= 0.3 is 5.97 Å². The minimum absolute atomic E-state index is 0.0719. The number of alkyl halides is 2. The fourth-order valence-corrected chi connectivity index (χ4v) is 6.15. The third kappa shape index (κ3) is 3.68. The lowest BCUT2D eigenvalue weighted by molar-refractivity contribution is -0.173. The lowest BCUT2D eigenvalue weighted by Gasteiger charge is -2.59. The SMILES string of the molecule is N=C(NCC(=O)N1C2CC(Cc3ncno3)(C2)C[C@H]1C(=O)O)c1ccc2c(c1)-c1ccccc1C2(F)F. The van der Waals surface area contributed by atoms with Gasteiger partial charge in [-0.15, -0.1) is 0 Å². The van der Waals surface area contributed by atoms with Crippen LogP contribution in [0.25, 0.3) is 11.1 Å². The first kappa shape index (κ1) is 23.3. The summed E-state index contributed by atoms with van der Waals surface area (Å²) in [6, 6.07) is 9.32. The second-order valence-electron chi connectivity index (χ2n) is 10.0. The molecule has 3 N–H and O–H groups in total. The van der Waals surface area contributed by atoms with Crippen molar-refractivity contribution in [2.75, 3.05) is 6.54 Å². The van der Waals surface area contributed by atoms with E-state index in [1.165, 1.54) is 35.5 Å². The molecule has 1 atom stereocenters. The molecule has 2 aliphatic heterocycles. The summed E-state index contributed by atoms with van der Waals surface area (Å²) in [4.78, 5) is 30.6. The van der Waals surface area contributed by atoms with Gasteiger partial charge in [-0.25, -0.2) is 4.79 Å². The molecule has 2 bridgehead atoms. The van der Waals surface area contributed by atoms with Crippen LogP contribution in [-0.4, -0.2) is 56.5 Å². The molecule has 1 aromatic heterocycles. The number of nitrogens with one attached hydrogen (secondary N) is 2. The van der Waals surface area contributed by atoms with Crippen molar-refractivity contribution in [3.05, 3.63) is 71.4 Å². The van der Waals surface area contributed by atoms with Gasteiger partial charge in [0.15, 0.2) is 6.33 Å². The zero-order valence-corrected chi connectivity index (χ0v) is 19.6. The van der Waals surface area contributed by atoms with Crippen LogP contribution < -0.4 is 5.32 Å². The van der Waals surface area contributed by atoms with E-state index in [2.05, 4.69) is 15.5 Å². The zero-order valence-electron chi connectivity index (χ0n) is 19.6. The Morgan fingerprint density at radius 1 is 1.14 bits per heavy atom. The highest BCUT2D eigenvalue weighted by molar-refractivity contribution is 6.00. The maximum absolute atomic E-state index is 14.8. The number of hydrogen-bond donors (Lipinski definition) is 3. The highest BCUT2D eigenvalue weighted by Gasteiger charge is 2.58. The summed E-state index contributed by atoms with van der Waals surface area (Å²) >= 11 is 0. The van der Waals surface area contributed by atoms with Crippen molar-refractivity contribution in [2.45, 2.75) is 43.7 Å². The number of carbonyl (C=O) groups is 2. The second-order valence-corrected chi connectivity index (χ2v) is 10.0. The Morgan fingerprint density at radius 2 is 1.89 bits per heavy atom. The minimum atomic E-state index is -3.11. The summed E-state index contributed by atoms with van der Waals surface area (Å²) in [6.45, 7) is -0.278.